The van der Waals surface area contributed by atoms with Crippen LogP contribution in [0.5, 0.6) is 0 Å². The molecule has 1 unspecified atom stereocenters. The Bertz CT molecular complexity index is 561. The fraction of sp³-hybridized carbons (Fsp3) is 0.615. The van der Waals surface area contributed by atoms with Crippen molar-refractivity contribution in [2.45, 2.75) is 26.2 Å². The molecular weight excluding hydrogens is 266 g/mol. The van der Waals surface area contributed by atoms with E-state index in [0.29, 0.717) is 25.3 Å². The van der Waals surface area contributed by atoms with Gasteiger partial charge in [0.15, 0.2) is 11.5 Å². The van der Waals surface area contributed by atoms with E-state index in [1.54, 1.807) is 6.07 Å². The third-order valence-electron chi connectivity index (χ3n) is 3.54. The Labute approximate surface area is 113 Å². The number of furan rings is 1. The summed E-state index contributed by atoms with van der Waals surface area (Å²) < 4.78 is 29.7. The van der Waals surface area contributed by atoms with Crippen molar-refractivity contribution in [3.63, 3.8) is 0 Å². The van der Waals surface area contributed by atoms with Crippen LogP contribution in [0.1, 0.15) is 35.4 Å². The van der Waals surface area contributed by atoms with E-state index in [1.807, 2.05) is 6.92 Å². The first-order chi connectivity index (χ1) is 8.88. The molecule has 1 aromatic heterocycles. The van der Waals surface area contributed by atoms with Gasteiger partial charge in [0.2, 0.25) is 10.0 Å². The largest absolute Gasteiger partial charge is 0.461 e. The first kappa shape index (κ1) is 14.3. The summed E-state index contributed by atoms with van der Waals surface area (Å²) in [7, 11) is -3.16. The molecule has 5 nitrogen and oxygen atoms in total. The Morgan fingerprint density at radius 2 is 2.26 bits per heavy atom. The van der Waals surface area contributed by atoms with Crippen molar-refractivity contribution in [2.24, 2.45) is 5.92 Å². The molecule has 2 rings (SSSR count). The summed E-state index contributed by atoms with van der Waals surface area (Å²) in [4.78, 5) is 12.1. The van der Waals surface area contributed by atoms with Crippen molar-refractivity contribution in [1.29, 1.82) is 0 Å². The molecule has 19 heavy (non-hydrogen) atoms. The van der Waals surface area contributed by atoms with Crippen LogP contribution < -0.4 is 0 Å². The number of piperidine rings is 1. The maximum Gasteiger partial charge on any atom is 0.211 e. The molecule has 1 aliphatic heterocycles. The fourth-order valence-corrected chi connectivity index (χ4v) is 3.45. The van der Waals surface area contributed by atoms with Crippen LogP contribution in [-0.2, 0) is 10.0 Å². The molecular formula is C13H19NO4S. The van der Waals surface area contributed by atoms with Gasteiger partial charge < -0.3 is 4.42 Å². The lowest BCUT2D eigenvalue weighted by Gasteiger charge is -2.30. The number of carbonyl (C=O) groups is 1. The minimum Gasteiger partial charge on any atom is -0.461 e. The van der Waals surface area contributed by atoms with E-state index in [-0.39, 0.29) is 11.7 Å². The van der Waals surface area contributed by atoms with Crippen molar-refractivity contribution in [1.82, 2.24) is 4.31 Å². The monoisotopic (exact) mass is 285 g/mol. The van der Waals surface area contributed by atoms with Crippen LogP contribution in [0, 0.1) is 12.8 Å². The van der Waals surface area contributed by atoms with Crippen LogP contribution in [0.15, 0.2) is 16.7 Å². The Hall–Kier alpha value is -1.14. The zero-order valence-electron chi connectivity index (χ0n) is 11.3. The number of hydrogen-bond acceptors (Lipinski definition) is 4. The summed E-state index contributed by atoms with van der Waals surface area (Å²) in [6, 6.07) is 1.76. The van der Waals surface area contributed by atoms with E-state index in [4.69, 9.17) is 4.42 Å². The highest BCUT2D eigenvalue weighted by Gasteiger charge is 2.28. The average molecular weight is 285 g/mol. The summed E-state index contributed by atoms with van der Waals surface area (Å²) in [6.45, 7) is 2.83. The molecule has 1 fully saturated rings. The third-order valence-corrected chi connectivity index (χ3v) is 4.81. The summed E-state index contributed by atoms with van der Waals surface area (Å²) in [5.74, 6) is 0.444. The average Bonchev–Trinajstić information content (AvgIpc) is 2.75. The Morgan fingerprint density at radius 3 is 2.84 bits per heavy atom. The quantitative estimate of drug-likeness (QED) is 0.792. The van der Waals surface area contributed by atoms with Crippen LogP contribution in [0.25, 0.3) is 0 Å². The first-order valence-corrected chi connectivity index (χ1v) is 8.25. The van der Waals surface area contributed by atoms with Gasteiger partial charge in [-0.15, -0.1) is 0 Å². The lowest BCUT2D eigenvalue weighted by molar-refractivity contribution is 0.0914. The molecule has 1 aromatic rings. The zero-order valence-corrected chi connectivity index (χ0v) is 12.1. The Morgan fingerprint density at radius 1 is 1.53 bits per heavy atom. The summed E-state index contributed by atoms with van der Waals surface area (Å²) in [6.07, 6.45) is 4.76. The van der Waals surface area contributed by atoms with Gasteiger partial charge >= 0.3 is 0 Å². The molecule has 1 aliphatic rings. The number of nitrogens with zero attached hydrogens (tertiary/aromatic N) is 1. The maximum atomic E-state index is 12.1. The molecule has 2 heterocycles. The summed E-state index contributed by atoms with van der Waals surface area (Å²) >= 11 is 0. The number of sulfonamides is 1. The lowest BCUT2D eigenvalue weighted by atomic mass is 9.93. The molecule has 0 amide bonds. The summed E-state index contributed by atoms with van der Waals surface area (Å²) in [5.41, 5.74) is 0.834. The van der Waals surface area contributed by atoms with Gasteiger partial charge in [-0.3, -0.25) is 4.79 Å². The van der Waals surface area contributed by atoms with Crippen molar-refractivity contribution < 1.29 is 17.6 Å². The molecule has 6 heteroatoms. The fourth-order valence-electron chi connectivity index (χ4n) is 2.51. The predicted molar refractivity (Wildman–Crippen MR) is 71.5 cm³/mol. The van der Waals surface area contributed by atoms with Gasteiger partial charge in [-0.05, 0) is 37.3 Å². The Kier molecular flexibility index (Phi) is 4.10. The van der Waals surface area contributed by atoms with Crippen LogP contribution in [-0.4, -0.2) is 37.9 Å². The third kappa shape index (κ3) is 3.45. The molecule has 0 spiro atoms. The van der Waals surface area contributed by atoms with Gasteiger partial charge in [-0.2, -0.15) is 0 Å². The van der Waals surface area contributed by atoms with E-state index in [9.17, 15) is 13.2 Å². The van der Waals surface area contributed by atoms with Crippen LogP contribution in [0.3, 0.4) is 0 Å². The minimum atomic E-state index is -3.16. The number of ketones is 1. The number of aryl methyl sites for hydroxylation is 1. The van der Waals surface area contributed by atoms with Gasteiger partial charge in [0.1, 0.15) is 0 Å². The van der Waals surface area contributed by atoms with Gasteiger partial charge in [0, 0.05) is 19.5 Å². The molecule has 0 aliphatic carbocycles. The minimum absolute atomic E-state index is 0.0390. The second-order valence-corrected chi connectivity index (χ2v) is 7.17. The van der Waals surface area contributed by atoms with E-state index < -0.39 is 10.0 Å². The molecule has 0 N–H and O–H groups in total. The number of carbonyl (C=O) groups excluding carboxylic acids is 1. The highest BCUT2D eigenvalue weighted by Crippen LogP contribution is 2.24. The van der Waals surface area contributed by atoms with Gasteiger partial charge in [-0.25, -0.2) is 12.7 Å². The second kappa shape index (κ2) is 5.46. The van der Waals surface area contributed by atoms with E-state index >= 15 is 0 Å². The van der Waals surface area contributed by atoms with E-state index in [1.165, 1.54) is 16.8 Å². The predicted octanol–water partition coefficient (Wildman–Crippen LogP) is 1.83. The molecule has 0 saturated carbocycles. The van der Waals surface area contributed by atoms with Gasteiger partial charge in [-0.1, -0.05) is 0 Å². The van der Waals surface area contributed by atoms with Crippen molar-refractivity contribution in [2.75, 3.05) is 19.3 Å². The highest BCUT2D eigenvalue weighted by atomic mass is 32.2. The van der Waals surface area contributed by atoms with E-state index in [2.05, 4.69) is 0 Å². The zero-order chi connectivity index (χ0) is 14.0. The number of hydrogen-bond donors (Lipinski definition) is 0. The van der Waals surface area contributed by atoms with Crippen molar-refractivity contribution in [3.8, 4) is 0 Å². The first-order valence-electron chi connectivity index (χ1n) is 6.40. The standard InChI is InChI=1S/C13H19NO4S/c1-10-5-7-18-13(10)12(15)8-11-4-3-6-14(9-11)19(2,16)17/h5,7,11H,3-4,6,8-9H2,1-2H3. The van der Waals surface area contributed by atoms with Gasteiger partial charge in [0.25, 0.3) is 0 Å². The second-order valence-electron chi connectivity index (χ2n) is 5.19. The Balaban J connectivity index is 2.00. The highest BCUT2D eigenvalue weighted by molar-refractivity contribution is 7.88. The molecule has 0 bridgehead atoms. The lowest BCUT2D eigenvalue weighted by Crippen LogP contribution is -2.39. The van der Waals surface area contributed by atoms with Crippen LogP contribution >= 0.6 is 0 Å². The smallest absolute Gasteiger partial charge is 0.211 e. The van der Waals surface area contributed by atoms with E-state index in [0.717, 1.165) is 18.4 Å². The maximum absolute atomic E-state index is 12.1. The normalized spacial score (nSPS) is 21.5. The van der Waals surface area contributed by atoms with Gasteiger partial charge in [0.05, 0.1) is 12.5 Å². The molecule has 1 atom stereocenters. The molecule has 0 radical (unpaired) electrons. The van der Waals surface area contributed by atoms with Crippen LogP contribution in [0.4, 0.5) is 0 Å². The topological polar surface area (TPSA) is 67.6 Å². The van der Waals surface area contributed by atoms with Crippen molar-refractivity contribution in [3.05, 3.63) is 23.7 Å². The SMILES string of the molecule is Cc1ccoc1C(=O)CC1CCCN(S(C)(=O)=O)C1. The summed E-state index contributed by atoms with van der Waals surface area (Å²) in [5, 5.41) is 0. The molecule has 1 saturated heterocycles. The van der Waals surface area contributed by atoms with Crippen LogP contribution in [0.2, 0.25) is 0 Å². The molecule has 0 aromatic carbocycles. The molecule has 106 valence electrons. The number of rotatable bonds is 4. The number of Topliss-reactive ketones (excluding diaryl/α,β-unsaturated/α-hetero) is 1. The van der Waals surface area contributed by atoms with Crippen molar-refractivity contribution >= 4 is 15.8 Å².